The van der Waals surface area contributed by atoms with Gasteiger partial charge in [0.05, 0.1) is 13.7 Å². The van der Waals surface area contributed by atoms with Crippen LogP contribution in [0, 0.1) is 11.8 Å². The van der Waals surface area contributed by atoms with Crippen LogP contribution in [0.25, 0.3) is 0 Å². The van der Waals surface area contributed by atoms with Gasteiger partial charge in [-0.3, -0.25) is 4.79 Å². The molecule has 0 saturated carbocycles. The molecule has 108 valence electrons. The summed E-state index contributed by atoms with van der Waals surface area (Å²) < 4.78 is 10.8. The quantitative estimate of drug-likeness (QED) is 0.715. The van der Waals surface area contributed by atoms with Crippen molar-refractivity contribution in [2.45, 2.75) is 26.4 Å². The lowest BCUT2D eigenvalue weighted by Gasteiger charge is -2.13. The molecule has 1 aliphatic rings. The molecular formula is C17H22O3. The summed E-state index contributed by atoms with van der Waals surface area (Å²) >= 11 is 0. The predicted octanol–water partition coefficient (Wildman–Crippen LogP) is 3.38. The Balaban J connectivity index is 1.63. The minimum Gasteiger partial charge on any atom is -0.497 e. The first-order valence-electron chi connectivity index (χ1n) is 7.13. The van der Waals surface area contributed by atoms with Gasteiger partial charge in [0.15, 0.2) is 5.78 Å². The van der Waals surface area contributed by atoms with Crippen molar-refractivity contribution >= 4 is 5.78 Å². The van der Waals surface area contributed by atoms with Crippen LogP contribution in [0.15, 0.2) is 36.4 Å². The van der Waals surface area contributed by atoms with Crippen molar-refractivity contribution in [3.63, 3.8) is 0 Å². The van der Waals surface area contributed by atoms with Crippen LogP contribution in [0.2, 0.25) is 0 Å². The molecule has 2 rings (SSSR count). The summed E-state index contributed by atoms with van der Waals surface area (Å²) in [4.78, 5) is 11.6. The molecule has 2 atom stereocenters. The maximum Gasteiger partial charge on any atom is 0.159 e. The molecule has 20 heavy (non-hydrogen) atoms. The number of carbonyl (C=O) groups is 1. The van der Waals surface area contributed by atoms with Crippen molar-refractivity contribution in [3.8, 4) is 5.75 Å². The number of methoxy groups -OCH3 is 1. The highest BCUT2D eigenvalue weighted by atomic mass is 16.5. The molecule has 0 bridgehead atoms. The normalized spacial score (nSPS) is 21.4. The average Bonchev–Trinajstić information content (AvgIpc) is 2.79. The number of allylic oxidation sites excluding steroid dienone is 2. The number of rotatable bonds is 7. The second kappa shape index (κ2) is 7.25. The van der Waals surface area contributed by atoms with Gasteiger partial charge in [-0.1, -0.05) is 25.1 Å². The zero-order chi connectivity index (χ0) is 14.4. The molecule has 0 fully saturated rings. The Morgan fingerprint density at radius 3 is 2.55 bits per heavy atom. The molecule has 0 saturated heterocycles. The van der Waals surface area contributed by atoms with E-state index in [4.69, 9.17) is 9.47 Å². The summed E-state index contributed by atoms with van der Waals surface area (Å²) in [6.45, 7) is 3.41. The van der Waals surface area contributed by atoms with Crippen molar-refractivity contribution in [1.29, 1.82) is 0 Å². The Bertz CT molecular complexity index is 462. The highest BCUT2D eigenvalue weighted by molar-refractivity contribution is 5.94. The summed E-state index contributed by atoms with van der Waals surface area (Å²) in [5, 5.41) is 0. The Labute approximate surface area is 120 Å². The van der Waals surface area contributed by atoms with Gasteiger partial charge in [0.2, 0.25) is 0 Å². The number of ether oxygens (including phenoxy) is 2. The second-order valence-corrected chi connectivity index (χ2v) is 5.27. The molecule has 1 aromatic rings. The van der Waals surface area contributed by atoms with Crippen molar-refractivity contribution in [3.05, 3.63) is 42.0 Å². The largest absolute Gasteiger partial charge is 0.497 e. The molecule has 0 amide bonds. The van der Waals surface area contributed by atoms with Gasteiger partial charge < -0.3 is 9.47 Å². The van der Waals surface area contributed by atoms with E-state index in [0.717, 1.165) is 24.2 Å². The monoisotopic (exact) mass is 274 g/mol. The molecule has 0 spiro atoms. The fraction of sp³-hybridized carbons (Fsp3) is 0.471. The van der Waals surface area contributed by atoms with Crippen LogP contribution in [-0.4, -0.2) is 19.5 Å². The average molecular weight is 274 g/mol. The number of ketones is 1. The molecule has 0 aromatic heterocycles. The van der Waals surface area contributed by atoms with Crippen LogP contribution < -0.4 is 4.74 Å². The van der Waals surface area contributed by atoms with E-state index >= 15 is 0 Å². The Hall–Kier alpha value is -1.61. The predicted molar refractivity (Wildman–Crippen MR) is 78.7 cm³/mol. The van der Waals surface area contributed by atoms with E-state index in [1.54, 1.807) is 13.2 Å². The van der Waals surface area contributed by atoms with Crippen LogP contribution in [0.5, 0.6) is 5.75 Å². The fourth-order valence-electron chi connectivity index (χ4n) is 2.49. The number of carbonyl (C=O) groups excluding carboxylic acids is 1. The second-order valence-electron chi connectivity index (χ2n) is 5.27. The third-order valence-corrected chi connectivity index (χ3v) is 3.80. The first-order valence-corrected chi connectivity index (χ1v) is 7.13. The lowest BCUT2D eigenvalue weighted by molar-refractivity contribution is -0.118. The third kappa shape index (κ3) is 3.94. The number of hydrogen-bond acceptors (Lipinski definition) is 3. The lowest BCUT2D eigenvalue weighted by atomic mass is 9.92. The highest BCUT2D eigenvalue weighted by Gasteiger charge is 2.25. The summed E-state index contributed by atoms with van der Waals surface area (Å²) in [6, 6.07) is 7.88. The summed E-state index contributed by atoms with van der Waals surface area (Å²) in [5.74, 6) is 1.67. The fourth-order valence-corrected chi connectivity index (χ4v) is 2.49. The molecule has 3 nitrogen and oxygen atoms in total. The topological polar surface area (TPSA) is 35.5 Å². The van der Waals surface area contributed by atoms with Crippen LogP contribution in [0.3, 0.4) is 0 Å². The first kappa shape index (κ1) is 14.8. The van der Waals surface area contributed by atoms with Gasteiger partial charge in [0.25, 0.3) is 0 Å². The van der Waals surface area contributed by atoms with Crippen LogP contribution >= 0.6 is 0 Å². The minimum atomic E-state index is 0.166. The maximum absolute atomic E-state index is 11.6. The van der Waals surface area contributed by atoms with Gasteiger partial charge in [-0.2, -0.15) is 0 Å². The minimum absolute atomic E-state index is 0.166. The SMILES string of the molecule is COc1ccc(COCCC[C@@H]2C(=O)C=C[C@H]2C)cc1. The van der Waals surface area contributed by atoms with E-state index in [1.807, 2.05) is 30.3 Å². The van der Waals surface area contributed by atoms with E-state index in [2.05, 4.69) is 6.92 Å². The smallest absolute Gasteiger partial charge is 0.159 e. The van der Waals surface area contributed by atoms with Gasteiger partial charge in [-0.15, -0.1) is 0 Å². The lowest BCUT2D eigenvalue weighted by Crippen LogP contribution is -2.14. The van der Waals surface area contributed by atoms with Gasteiger partial charge in [-0.25, -0.2) is 0 Å². The van der Waals surface area contributed by atoms with E-state index in [-0.39, 0.29) is 11.7 Å². The van der Waals surface area contributed by atoms with Crippen LogP contribution in [0.4, 0.5) is 0 Å². The van der Waals surface area contributed by atoms with Gasteiger partial charge >= 0.3 is 0 Å². The van der Waals surface area contributed by atoms with Crippen molar-refractivity contribution in [2.75, 3.05) is 13.7 Å². The maximum atomic E-state index is 11.6. The number of hydrogen-bond donors (Lipinski definition) is 0. The van der Waals surface area contributed by atoms with Crippen LogP contribution in [0.1, 0.15) is 25.3 Å². The molecule has 1 aromatic carbocycles. The zero-order valence-electron chi connectivity index (χ0n) is 12.2. The van der Waals surface area contributed by atoms with E-state index < -0.39 is 0 Å². The molecule has 0 radical (unpaired) electrons. The third-order valence-electron chi connectivity index (χ3n) is 3.80. The van der Waals surface area contributed by atoms with Crippen LogP contribution in [-0.2, 0) is 16.1 Å². The van der Waals surface area contributed by atoms with Crippen molar-refractivity contribution in [2.24, 2.45) is 11.8 Å². The molecule has 0 aliphatic heterocycles. The molecular weight excluding hydrogens is 252 g/mol. The highest BCUT2D eigenvalue weighted by Crippen LogP contribution is 2.25. The molecule has 1 aliphatic carbocycles. The van der Waals surface area contributed by atoms with Gasteiger partial charge in [0, 0.05) is 12.5 Å². The summed E-state index contributed by atoms with van der Waals surface area (Å²) in [7, 11) is 1.66. The molecule has 0 heterocycles. The van der Waals surface area contributed by atoms with E-state index in [0.29, 0.717) is 19.1 Å². The standard InChI is InChI=1S/C17H22O3/c1-13-5-10-17(18)16(13)4-3-11-20-12-14-6-8-15(19-2)9-7-14/h5-10,13,16H,3-4,11-12H2,1-2H3/t13-,16+/m1/s1. The molecule has 0 N–H and O–H groups in total. The zero-order valence-corrected chi connectivity index (χ0v) is 12.2. The van der Waals surface area contributed by atoms with Crippen molar-refractivity contribution in [1.82, 2.24) is 0 Å². The van der Waals surface area contributed by atoms with Gasteiger partial charge in [0.1, 0.15) is 5.75 Å². The van der Waals surface area contributed by atoms with E-state index in [9.17, 15) is 4.79 Å². The summed E-state index contributed by atoms with van der Waals surface area (Å²) in [5.41, 5.74) is 1.14. The van der Waals surface area contributed by atoms with Crippen molar-refractivity contribution < 1.29 is 14.3 Å². The number of benzene rings is 1. The summed E-state index contributed by atoms with van der Waals surface area (Å²) in [6.07, 6.45) is 5.56. The van der Waals surface area contributed by atoms with E-state index in [1.165, 1.54) is 0 Å². The molecule has 3 heteroatoms. The Morgan fingerprint density at radius 2 is 1.95 bits per heavy atom. The first-order chi connectivity index (χ1) is 9.70. The Morgan fingerprint density at radius 1 is 1.20 bits per heavy atom. The van der Waals surface area contributed by atoms with Gasteiger partial charge in [-0.05, 0) is 42.5 Å². The molecule has 0 unspecified atom stereocenters. The Kier molecular flexibility index (Phi) is 5.36.